The molecule has 1 aromatic carbocycles. The van der Waals surface area contributed by atoms with Gasteiger partial charge in [-0.25, -0.2) is 4.39 Å². The molecule has 15 heavy (non-hydrogen) atoms. The van der Waals surface area contributed by atoms with Gasteiger partial charge < -0.3 is 9.84 Å². The number of hydrogen-bond acceptors (Lipinski definition) is 2. The van der Waals surface area contributed by atoms with Crippen molar-refractivity contribution < 1.29 is 14.2 Å². The van der Waals surface area contributed by atoms with Crippen LogP contribution in [0.2, 0.25) is 0 Å². The van der Waals surface area contributed by atoms with E-state index in [9.17, 15) is 4.39 Å². The molecule has 2 rings (SSSR count). The maximum atomic E-state index is 13.6. The minimum Gasteiger partial charge on any atom is -0.396 e. The first-order chi connectivity index (χ1) is 7.28. The number of aliphatic hydroxyl groups excluding tert-OH is 1. The third-order valence-corrected chi connectivity index (χ3v) is 3.02. The van der Waals surface area contributed by atoms with Gasteiger partial charge in [0.2, 0.25) is 0 Å². The standard InChI is InChI=1S/C12H15FO2/c13-11-5-2-1-4-10(11)12(6-3-7-14)8-15-9-12/h1-2,4-5,14H,3,6-9H2. The van der Waals surface area contributed by atoms with Crippen LogP contribution in [-0.4, -0.2) is 24.9 Å². The summed E-state index contributed by atoms with van der Waals surface area (Å²) in [6.45, 7) is 1.28. The average molecular weight is 210 g/mol. The lowest BCUT2D eigenvalue weighted by molar-refractivity contribution is -0.0680. The lowest BCUT2D eigenvalue weighted by Crippen LogP contribution is -2.47. The molecular weight excluding hydrogens is 195 g/mol. The normalized spacial score (nSPS) is 18.5. The Morgan fingerprint density at radius 3 is 2.60 bits per heavy atom. The van der Waals surface area contributed by atoms with E-state index in [-0.39, 0.29) is 17.8 Å². The molecular formula is C12H15FO2. The summed E-state index contributed by atoms with van der Waals surface area (Å²) in [6, 6.07) is 6.83. The van der Waals surface area contributed by atoms with Crippen molar-refractivity contribution in [3.8, 4) is 0 Å². The van der Waals surface area contributed by atoms with Crippen LogP contribution in [0.15, 0.2) is 24.3 Å². The summed E-state index contributed by atoms with van der Waals surface area (Å²) in [6.07, 6.45) is 1.47. The average Bonchev–Trinajstić information content (AvgIpc) is 2.19. The van der Waals surface area contributed by atoms with E-state index in [0.717, 1.165) is 12.0 Å². The Balaban J connectivity index is 2.22. The van der Waals surface area contributed by atoms with Crippen molar-refractivity contribution in [1.29, 1.82) is 0 Å². The fourth-order valence-electron chi connectivity index (χ4n) is 2.09. The van der Waals surface area contributed by atoms with Gasteiger partial charge >= 0.3 is 0 Å². The van der Waals surface area contributed by atoms with Gasteiger partial charge in [0.25, 0.3) is 0 Å². The van der Waals surface area contributed by atoms with Gasteiger partial charge in [-0.2, -0.15) is 0 Å². The summed E-state index contributed by atoms with van der Waals surface area (Å²) < 4.78 is 18.8. The molecule has 1 N–H and O–H groups in total. The van der Waals surface area contributed by atoms with Crippen molar-refractivity contribution >= 4 is 0 Å². The van der Waals surface area contributed by atoms with E-state index in [1.165, 1.54) is 6.07 Å². The van der Waals surface area contributed by atoms with Gasteiger partial charge in [0.15, 0.2) is 0 Å². The van der Waals surface area contributed by atoms with Crippen molar-refractivity contribution in [2.24, 2.45) is 0 Å². The predicted molar refractivity (Wildman–Crippen MR) is 55.2 cm³/mol. The summed E-state index contributed by atoms with van der Waals surface area (Å²) in [5.74, 6) is -0.168. The number of aliphatic hydroxyl groups is 1. The van der Waals surface area contributed by atoms with Crippen LogP contribution in [0.25, 0.3) is 0 Å². The molecule has 3 heteroatoms. The van der Waals surface area contributed by atoms with E-state index in [0.29, 0.717) is 19.6 Å². The highest BCUT2D eigenvalue weighted by atomic mass is 19.1. The zero-order chi connectivity index (χ0) is 10.7. The van der Waals surface area contributed by atoms with Gasteiger partial charge in [0.1, 0.15) is 5.82 Å². The maximum absolute atomic E-state index is 13.6. The summed E-state index contributed by atoms with van der Waals surface area (Å²) in [5.41, 5.74) is 0.526. The molecule has 0 spiro atoms. The van der Waals surface area contributed by atoms with Crippen LogP contribution in [0.4, 0.5) is 4.39 Å². The van der Waals surface area contributed by atoms with Crippen molar-refractivity contribution in [3.63, 3.8) is 0 Å². The maximum Gasteiger partial charge on any atom is 0.127 e. The van der Waals surface area contributed by atoms with Gasteiger partial charge in [-0.3, -0.25) is 0 Å². The summed E-state index contributed by atoms with van der Waals surface area (Å²) in [4.78, 5) is 0. The summed E-state index contributed by atoms with van der Waals surface area (Å²) in [5, 5.41) is 8.83. The van der Waals surface area contributed by atoms with Crippen molar-refractivity contribution in [2.45, 2.75) is 18.3 Å². The molecule has 82 valence electrons. The van der Waals surface area contributed by atoms with E-state index >= 15 is 0 Å². The molecule has 2 nitrogen and oxygen atoms in total. The van der Waals surface area contributed by atoms with Crippen molar-refractivity contribution in [1.82, 2.24) is 0 Å². The topological polar surface area (TPSA) is 29.5 Å². The molecule has 0 aromatic heterocycles. The molecule has 1 aliphatic rings. The molecule has 0 radical (unpaired) electrons. The zero-order valence-electron chi connectivity index (χ0n) is 8.58. The molecule has 1 heterocycles. The molecule has 0 amide bonds. The van der Waals surface area contributed by atoms with Crippen LogP contribution < -0.4 is 0 Å². The molecule has 1 aromatic rings. The smallest absolute Gasteiger partial charge is 0.127 e. The van der Waals surface area contributed by atoms with Gasteiger partial charge in [0, 0.05) is 12.0 Å². The third kappa shape index (κ3) is 1.90. The number of halogens is 1. The number of ether oxygens (including phenoxy) is 1. The first-order valence-corrected chi connectivity index (χ1v) is 5.22. The predicted octanol–water partition coefficient (Wildman–Crippen LogP) is 1.87. The van der Waals surface area contributed by atoms with E-state index in [1.54, 1.807) is 6.07 Å². The highest BCUT2D eigenvalue weighted by Gasteiger charge is 2.41. The van der Waals surface area contributed by atoms with Crippen LogP contribution >= 0.6 is 0 Å². The Labute approximate surface area is 88.7 Å². The van der Waals surface area contributed by atoms with E-state index < -0.39 is 0 Å². The SMILES string of the molecule is OCCCC1(c2ccccc2F)COC1. The number of hydrogen-bond donors (Lipinski definition) is 1. The molecule has 0 unspecified atom stereocenters. The Bertz CT molecular complexity index is 334. The van der Waals surface area contributed by atoms with E-state index in [1.807, 2.05) is 12.1 Å². The van der Waals surface area contributed by atoms with Crippen LogP contribution in [0, 0.1) is 5.82 Å². The second-order valence-corrected chi connectivity index (χ2v) is 4.08. The molecule has 0 atom stereocenters. The number of benzene rings is 1. The van der Waals surface area contributed by atoms with Crippen LogP contribution in [0.3, 0.4) is 0 Å². The van der Waals surface area contributed by atoms with Gasteiger partial charge in [-0.05, 0) is 24.5 Å². The summed E-state index contributed by atoms with van der Waals surface area (Å²) >= 11 is 0. The Kier molecular flexibility index (Phi) is 3.03. The Morgan fingerprint density at radius 2 is 2.07 bits per heavy atom. The monoisotopic (exact) mass is 210 g/mol. The fourth-order valence-corrected chi connectivity index (χ4v) is 2.09. The van der Waals surface area contributed by atoms with Crippen LogP contribution in [0.1, 0.15) is 18.4 Å². The van der Waals surface area contributed by atoms with Crippen LogP contribution in [0.5, 0.6) is 0 Å². The Morgan fingerprint density at radius 1 is 1.33 bits per heavy atom. The first kappa shape index (κ1) is 10.6. The summed E-state index contributed by atoms with van der Waals surface area (Å²) in [7, 11) is 0. The second-order valence-electron chi connectivity index (χ2n) is 4.08. The number of rotatable bonds is 4. The molecule has 0 aliphatic carbocycles. The van der Waals surface area contributed by atoms with Gasteiger partial charge in [-0.1, -0.05) is 18.2 Å². The first-order valence-electron chi connectivity index (χ1n) is 5.22. The third-order valence-electron chi connectivity index (χ3n) is 3.02. The quantitative estimate of drug-likeness (QED) is 0.822. The van der Waals surface area contributed by atoms with Gasteiger partial charge in [0.05, 0.1) is 13.2 Å². The van der Waals surface area contributed by atoms with Crippen molar-refractivity contribution in [2.75, 3.05) is 19.8 Å². The largest absolute Gasteiger partial charge is 0.396 e. The zero-order valence-corrected chi connectivity index (χ0v) is 8.58. The van der Waals surface area contributed by atoms with E-state index in [2.05, 4.69) is 0 Å². The molecule has 1 fully saturated rings. The fraction of sp³-hybridized carbons (Fsp3) is 0.500. The van der Waals surface area contributed by atoms with Crippen molar-refractivity contribution in [3.05, 3.63) is 35.6 Å². The molecule has 1 aliphatic heterocycles. The minimum absolute atomic E-state index is 0.149. The lowest BCUT2D eigenvalue weighted by Gasteiger charge is -2.42. The Hall–Kier alpha value is -0.930. The lowest BCUT2D eigenvalue weighted by atomic mass is 9.75. The molecule has 0 bridgehead atoms. The minimum atomic E-state index is -0.200. The van der Waals surface area contributed by atoms with E-state index in [4.69, 9.17) is 9.84 Å². The highest BCUT2D eigenvalue weighted by molar-refractivity contribution is 5.29. The van der Waals surface area contributed by atoms with Gasteiger partial charge in [-0.15, -0.1) is 0 Å². The molecule has 1 saturated heterocycles. The highest BCUT2D eigenvalue weighted by Crippen LogP contribution is 2.37. The second kappa shape index (κ2) is 4.29. The van der Waals surface area contributed by atoms with Crippen LogP contribution in [-0.2, 0) is 10.2 Å². The molecule has 0 saturated carbocycles.